The first-order valence-corrected chi connectivity index (χ1v) is 11.6. The first-order chi connectivity index (χ1) is 17.6. The van der Waals surface area contributed by atoms with Crippen molar-refractivity contribution in [2.75, 3.05) is 17.2 Å². The van der Waals surface area contributed by atoms with Crippen molar-refractivity contribution in [3.8, 4) is 11.5 Å². The maximum Gasteiger partial charge on any atom is 0.306 e. The number of halogens is 2. The van der Waals surface area contributed by atoms with E-state index < -0.39 is 29.3 Å². The topological polar surface area (TPSA) is 137 Å². The zero-order valence-electron chi connectivity index (χ0n) is 19.5. The molecular weight excluding hydrogens is 525 g/mol. The van der Waals surface area contributed by atoms with E-state index in [4.69, 9.17) is 32.7 Å². The highest BCUT2D eigenvalue weighted by Crippen LogP contribution is 2.32. The zero-order valence-corrected chi connectivity index (χ0v) is 21.0. The Balaban J connectivity index is 1.39. The predicted molar refractivity (Wildman–Crippen MR) is 138 cm³/mol. The molecule has 0 aromatic heterocycles. The number of ether oxygens (including phenoxy) is 2. The van der Waals surface area contributed by atoms with E-state index in [0.29, 0.717) is 32.8 Å². The molecule has 10 nitrogen and oxygen atoms in total. The lowest BCUT2D eigenvalue weighted by atomic mass is 10.2. The van der Waals surface area contributed by atoms with E-state index >= 15 is 0 Å². The Morgan fingerprint density at radius 3 is 2.24 bits per heavy atom. The molecule has 12 heteroatoms. The number of hydrogen-bond donors (Lipinski definition) is 2. The normalized spacial score (nSPS) is 10.4. The second-order valence-corrected chi connectivity index (χ2v) is 8.56. The summed E-state index contributed by atoms with van der Waals surface area (Å²) in [4.78, 5) is 46.5. The number of benzene rings is 3. The molecule has 37 heavy (non-hydrogen) atoms. The fourth-order valence-corrected chi connectivity index (χ4v) is 3.48. The van der Waals surface area contributed by atoms with Crippen LogP contribution in [0.15, 0.2) is 60.7 Å². The first kappa shape index (κ1) is 27.4. The van der Waals surface area contributed by atoms with Crippen molar-refractivity contribution in [2.45, 2.75) is 19.8 Å². The molecule has 0 atom stereocenters. The van der Waals surface area contributed by atoms with E-state index in [9.17, 15) is 24.5 Å². The molecule has 3 aromatic carbocycles. The summed E-state index contributed by atoms with van der Waals surface area (Å²) >= 11 is 12.0. The van der Waals surface area contributed by atoms with Crippen molar-refractivity contribution in [1.82, 2.24) is 0 Å². The van der Waals surface area contributed by atoms with Crippen molar-refractivity contribution in [1.29, 1.82) is 0 Å². The number of nitro benzene ring substituents is 1. The van der Waals surface area contributed by atoms with Gasteiger partial charge < -0.3 is 20.1 Å². The highest BCUT2D eigenvalue weighted by Gasteiger charge is 2.14. The first-order valence-electron chi connectivity index (χ1n) is 10.8. The largest absolute Gasteiger partial charge is 0.456 e. The Labute approximate surface area is 221 Å². The number of carbonyl (C=O) groups excluding carboxylic acids is 3. The van der Waals surface area contributed by atoms with Crippen molar-refractivity contribution in [2.24, 2.45) is 0 Å². The molecule has 0 bridgehead atoms. The molecule has 0 heterocycles. The van der Waals surface area contributed by atoms with Crippen LogP contribution < -0.4 is 15.4 Å². The van der Waals surface area contributed by atoms with Gasteiger partial charge in [0.05, 0.1) is 16.4 Å². The van der Waals surface area contributed by atoms with E-state index in [1.54, 1.807) is 49.4 Å². The summed E-state index contributed by atoms with van der Waals surface area (Å²) in [5, 5.41) is 16.9. The van der Waals surface area contributed by atoms with E-state index in [1.165, 1.54) is 18.2 Å². The monoisotopic (exact) mass is 545 g/mol. The molecule has 0 aliphatic rings. The van der Waals surface area contributed by atoms with Gasteiger partial charge in [0, 0.05) is 34.4 Å². The number of carbonyl (C=O) groups is 3. The SMILES string of the molecule is Cc1ccc(NC(=O)COC(=O)CCC(=O)Nc2ccc(Oc3ccc(Cl)cc3Cl)cc2)cc1[N+](=O)[O-]. The molecule has 192 valence electrons. The zero-order chi connectivity index (χ0) is 26.9. The second kappa shape index (κ2) is 12.7. The van der Waals surface area contributed by atoms with Crippen molar-refractivity contribution < 1.29 is 28.8 Å². The number of nitrogens with zero attached hydrogens (tertiary/aromatic N) is 1. The molecule has 0 unspecified atom stereocenters. The number of nitro groups is 1. The lowest BCUT2D eigenvalue weighted by Gasteiger charge is -2.10. The number of amides is 2. The number of rotatable bonds is 10. The molecule has 3 aromatic rings. The van der Waals surface area contributed by atoms with Gasteiger partial charge in [-0.3, -0.25) is 24.5 Å². The fourth-order valence-electron chi connectivity index (χ4n) is 3.03. The maximum atomic E-state index is 12.1. The molecule has 0 aliphatic carbocycles. The lowest BCUT2D eigenvalue weighted by molar-refractivity contribution is -0.385. The van der Waals surface area contributed by atoms with Crippen LogP contribution in [0.2, 0.25) is 10.0 Å². The van der Waals surface area contributed by atoms with Gasteiger partial charge in [-0.2, -0.15) is 0 Å². The van der Waals surface area contributed by atoms with Crippen LogP contribution in [0.25, 0.3) is 0 Å². The lowest BCUT2D eigenvalue weighted by Crippen LogP contribution is -2.21. The van der Waals surface area contributed by atoms with E-state index in [2.05, 4.69) is 10.6 Å². The van der Waals surface area contributed by atoms with Gasteiger partial charge in [-0.05, 0) is 55.5 Å². The minimum Gasteiger partial charge on any atom is -0.456 e. The van der Waals surface area contributed by atoms with Gasteiger partial charge in [0.25, 0.3) is 11.6 Å². The molecule has 3 rings (SSSR count). The minimum absolute atomic E-state index is 0.145. The molecular formula is C25H21Cl2N3O7. The third kappa shape index (κ3) is 8.48. The number of aryl methyl sites for hydroxylation is 1. The number of esters is 1. The van der Waals surface area contributed by atoms with Crippen LogP contribution in [0.1, 0.15) is 18.4 Å². The molecule has 0 saturated heterocycles. The average molecular weight is 546 g/mol. The van der Waals surface area contributed by atoms with Gasteiger partial charge in [0.2, 0.25) is 5.91 Å². The Kier molecular flexibility index (Phi) is 9.42. The summed E-state index contributed by atoms with van der Waals surface area (Å²) < 4.78 is 10.5. The Morgan fingerprint density at radius 1 is 0.892 bits per heavy atom. The van der Waals surface area contributed by atoms with Crippen molar-refractivity contribution in [3.05, 3.63) is 86.4 Å². The van der Waals surface area contributed by atoms with Crippen LogP contribution in [0.3, 0.4) is 0 Å². The maximum absolute atomic E-state index is 12.1. The molecule has 0 aliphatic heterocycles. The van der Waals surface area contributed by atoms with Crippen LogP contribution in [0.4, 0.5) is 17.1 Å². The quantitative estimate of drug-likeness (QED) is 0.183. The van der Waals surface area contributed by atoms with Crippen molar-refractivity contribution in [3.63, 3.8) is 0 Å². The average Bonchev–Trinajstić information content (AvgIpc) is 2.85. The van der Waals surface area contributed by atoms with E-state index in [1.807, 2.05) is 0 Å². The van der Waals surface area contributed by atoms with Crippen molar-refractivity contribution >= 4 is 58.0 Å². The van der Waals surface area contributed by atoms with Gasteiger partial charge in [0.1, 0.15) is 11.5 Å². The molecule has 0 spiro atoms. The fraction of sp³-hybridized carbons (Fsp3) is 0.160. The molecule has 2 N–H and O–H groups in total. The van der Waals surface area contributed by atoms with Gasteiger partial charge in [-0.1, -0.05) is 29.3 Å². The van der Waals surface area contributed by atoms with Crippen LogP contribution in [-0.2, 0) is 19.1 Å². The molecule has 0 saturated carbocycles. The number of anilines is 2. The summed E-state index contributed by atoms with van der Waals surface area (Å²) in [6.45, 7) is 0.978. The summed E-state index contributed by atoms with van der Waals surface area (Å²) in [7, 11) is 0. The highest BCUT2D eigenvalue weighted by molar-refractivity contribution is 6.35. The minimum atomic E-state index is -0.747. The summed E-state index contributed by atoms with van der Waals surface area (Å²) in [5.41, 5.74) is 0.985. The van der Waals surface area contributed by atoms with Gasteiger partial charge in [-0.15, -0.1) is 0 Å². The number of hydrogen-bond acceptors (Lipinski definition) is 7. The van der Waals surface area contributed by atoms with Crippen LogP contribution >= 0.6 is 23.2 Å². The Morgan fingerprint density at radius 2 is 1.57 bits per heavy atom. The van der Waals surface area contributed by atoms with Gasteiger partial charge >= 0.3 is 5.97 Å². The van der Waals surface area contributed by atoms with Gasteiger partial charge in [0.15, 0.2) is 6.61 Å². The van der Waals surface area contributed by atoms with E-state index in [-0.39, 0.29) is 24.2 Å². The summed E-state index contributed by atoms with van der Waals surface area (Å²) in [6, 6.07) is 15.6. The smallest absolute Gasteiger partial charge is 0.306 e. The Bertz CT molecular complexity index is 1330. The predicted octanol–water partition coefficient (Wildman–Crippen LogP) is 5.90. The third-order valence-corrected chi connectivity index (χ3v) is 5.40. The van der Waals surface area contributed by atoms with E-state index in [0.717, 1.165) is 0 Å². The number of nitrogens with one attached hydrogen (secondary N) is 2. The Hall–Kier alpha value is -4.15. The molecule has 2 amide bonds. The highest BCUT2D eigenvalue weighted by atomic mass is 35.5. The third-order valence-electron chi connectivity index (χ3n) is 4.87. The summed E-state index contributed by atoms with van der Waals surface area (Å²) in [6.07, 6.45) is -0.408. The standard InChI is InChI=1S/C25H21Cl2N3O7/c1-15-2-4-18(13-21(15)30(34)35)29-24(32)14-36-25(33)11-10-23(31)28-17-5-7-19(8-6-17)37-22-9-3-16(26)12-20(22)27/h2-9,12-13H,10-11,14H2,1H3,(H,28,31)(H,29,32). The van der Waals surface area contributed by atoms with Crippen LogP contribution in [0.5, 0.6) is 11.5 Å². The van der Waals surface area contributed by atoms with Gasteiger partial charge in [-0.25, -0.2) is 0 Å². The molecule has 0 fully saturated rings. The molecule has 0 radical (unpaired) electrons. The van der Waals surface area contributed by atoms with Crippen LogP contribution in [0, 0.1) is 17.0 Å². The summed E-state index contributed by atoms with van der Waals surface area (Å²) in [5.74, 6) is -0.927. The van der Waals surface area contributed by atoms with Crippen LogP contribution in [-0.4, -0.2) is 29.3 Å². The second-order valence-electron chi connectivity index (χ2n) is 7.72.